The molecule has 1 unspecified atom stereocenters. The molecule has 5 heteroatoms. The van der Waals surface area contributed by atoms with Gasteiger partial charge >= 0.3 is 0 Å². The normalized spacial score (nSPS) is 13.0. The molecule has 21 heavy (non-hydrogen) atoms. The molecule has 2 rings (SSSR count). The maximum atomic E-state index is 8.80. The van der Waals surface area contributed by atoms with Crippen LogP contribution in [0.15, 0.2) is 53.7 Å². The molecule has 4 nitrogen and oxygen atoms in total. The van der Waals surface area contributed by atoms with Crippen molar-refractivity contribution in [2.24, 2.45) is 10.9 Å². The van der Waals surface area contributed by atoms with Gasteiger partial charge in [0.2, 0.25) is 0 Å². The molecule has 0 spiro atoms. The summed E-state index contributed by atoms with van der Waals surface area (Å²) in [6.07, 6.45) is 0.380. The number of rotatable bonds is 5. The summed E-state index contributed by atoms with van der Waals surface area (Å²) >= 11 is 6.22. The number of hydrogen-bond donors (Lipinski definition) is 3. The molecule has 0 aliphatic heterocycles. The molecule has 0 heterocycles. The van der Waals surface area contributed by atoms with E-state index in [-0.39, 0.29) is 11.9 Å². The van der Waals surface area contributed by atoms with Crippen molar-refractivity contribution < 1.29 is 5.21 Å². The quantitative estimate of drug-likeness (QED) is 0.339. The Kier molecular flexibility index (Phi) is 5.06. The van der Waals surface area contributed by atoms with Crippen LogP contribution in [-0.4, -0.2) is 11.0 Å². The van der Waals surface area contributed by atoms with E-state index in [4.69, 9.17) is 22.5 Å². The Balaban J connectivity index is 2.29. The summed E-state index contributed by atoms with van der Waals surface area (Å²) in [5, 5.41) is 15.9. The number of nitrogens with one attached hydrogen (secondary N) is 1. The van der Waals surface area contributed by atoms with E-state index >= 15 is 0 Å². The first-order valence-electron chi connectivity index (χ1n) is 6.64. The summed E-state index contributed by atoms with van der Waals surface area (Å²) in [5.41, 5.74) is 8.64. The number of nitrogens with two attached hydrogens (primary N) is 1. The van der Waals surface area contributed by atoms with Crippen LogP contribution in [0.3, 0.4) is 0 Å². The van der Waals surface area contributed by atoms with Crippen LogP contribution in [0.4, 0.5) is 5.69 Å². The third-order valence-electron chi connectivity index (χ3n) is 3.20. The summed E-state index contributed by atoms with van der Waals surface area (Å²) in [7, 11) is 0. The molecule has 0 aliphatic carbocycles. The molecule has 0 radical (unpaired) electrons. The van der Waals surface area contributed by atoms with Gasteiger partial charge in [0.1, 0.15) is 5.84 Å². The fourth-order valence-electron chi connectivity index (χ4n) is 2.12. The molecule has 1 atom stereocenters. The van der Waals surface area contributed by atoms with Crippen LogP contribution < -0.4 is 11.1 Å². The van der Waals surface area contributed by atoms with Crippen LogP contribution in [-0.2, 0) is 0 Å². The molecular weight excluding hydrogens is 286 g/mol. The van der Waals surface area contributed by atoms with Crippen LogP contribution in [0.25, 0.3) is 0 Å². The Morgan fingerprint density at radius 1 is 1.29 bits per heavy atom. The van der Waals surface area contributed by atoms with Gasteiger partial charge in [-0.25, -0.2) is 0 Å². The van der Waals surface area contributed by atoms with E-state index in [1.54, 1.807) is 0 Å². The van der Waals surface area contributed by atoms with Gasteiger partial charge in [0.15, 0.2) is 0 Å². The lowest BCUT2D eigenvalue weighted by molar-refractivity contribution is 0.316. The lowest BCUT2D eigenvalue weighted by Gasteiger charge is -2.21. The van der Waals surface area contributed by atoms with Crippen LogP contribution in [0.2, 0.25) is 5.02 Å². The van der Waals surface area contributed by atoms with E-state index < -0.39 is 0 Å². The maximum Gasteiger partial charge on any atom is 0.141 e. The second kappa shape index (κ2) is 6.99. The molecule has 2 aromatic carbocycles. The van der Waals surface area contributed by atoms with E-state index in [2.05, 4.69) is 10.5 Å². The van der Waals surface area contributed by atoms with Crippen LogP contribution in [0.1, 0.15) is 23.6 Å². The van der Waals surface area contributed by atoms with Gasteiger partial charge < -0.3 is 16.3 Å². The van der Waals surface area contributed by atoms with Gasteiger partial charge in [0.05, 0.1) is 16.8 Å². The average Bonchev–Trinajstić information content (AvgIpc) is 2.51. The van der Waals surface area contributed by atoms with Crippen molar-refractivity contribution in [1.82, 2.24) is 0 Å². The van der Waals surface area contributed by atoms with Crippen molar-refractivity contribution in [2.75, 3.05) is 5.32 Å². The largest absolute Gasteiger partial charge is 0.409 e. The monoisotopic (exact) mass is 303 g/mol. The number of hydrogen-bond acceptors (Lipinski definition) is 3. The van der Waals surface area contributed by atoms with Crippen molar-refractivity contribution >= 4 is 23.1 Å². The van der Waals surface area contributed by atoms with Gasteiger partial charge in [-0.2, -0.15) is 0 Å². The number of amidine groups is 1. The first-order valence-corrected chi connectivity index (χ1v) is 7.02. The minimum atomic E-state index is -0.124. The second-order valence-electron chi connectivity index (χ2n) is 4.89. The van der Waals surface area contributed by atoms with Gasteiger partial charge in [-0.3, -0.25) is 0 Å². The number of oxime groups is 1. The van der Waals surface area contributed by atoms with Crippen molar-refractivity contribution in [3.8, 4) is 0 Å². The fourth-order valence-corrected chi connectivity index (χ4v) is 2.30. The highest BCUT2D eigenvalue weighted by Gasteiger charge is 2.15. The topological polar surface area (TPSA) is 70.6 Å². The Bertz CT molecular complexity index is 629. The summed E-state index contributed by atoms with van der Waals surface area (Å²) in [4.78, 5) is 0. The zero-order valence-corrected chi connectivity index (χ0v) is 12.5. The van der Waals surface area contributed by atoms with E-state index in [0.29, 0.717) is 11.4 Å². The number of benzene rings is 2. The molecular formula is C16H18ClN3O. The lowest BCUT2D eigenvalue weighted by atomic mass is 10.0. The summed E-state index contributed by atoms with van der Waals surface area (Å²) in [6.45, 7) is 2.00. The van der Waals surface area contributed by atoms with Crippen LogP contribution in [0, 0.1) is 6.92 Å². The molecule has 0 aromatic heterocycles. The first kappa shape index (κ1) is 15.2. The predicted octanol–water partition coefficient (Wildman–Crippen LogP) is 3.94. The zero-order chi connectivity index (χ0) is 15.2. The lowest BCUT2D eigenvalue weighted by Crippen LogP contribution is -2.21. The Morgan fingerprint density at radius 2 is 2.00 bits per heavy atom. The minimum absolute atomic E-state index is 0.124. The number of aryl methyl sites for hydroxylation is 1. The molecule has 0 saturated carbocycles. The van der Waals surface area contributed by atoms with Crippen molar-refractivity contribution in [3.63, 3.8) is 0 Å². The molecule has 0 bridgehead atoms. The Labute approximate surface area is 129 Å². The van der Waals surface area contributed by atoms with Crippen molar-refractivity contribution in [3.05, 3.63) is 64.7 Å². The highest BCUT2D eigenvalue weighted by molar-refractivity contribution is 6.33. The molecule has 0 saturated heterocycles. The second-order valence-corrected chi connectivity index (χ2v) is 5.29. The van der Waals surface area contributed by atoms with Gasteiger partial charge in [0.25, 0.3) is 0 Å². The average molecular weight is 304 g/mol. The van der Waals surface area contributed by atoms with E-state index in [1.807, 2.05) is 55.5 Å². The van der Waals surface area contributed by atoms with Gasteiger partial charge in [-0.05, 0) is 30.2 Å². The smallest absolute Gasteiger partial charge is 0.141 e. The summed E-state index contributed by atoms with van der Waals surface area (Å²) in [5.74, 6) is 0.167. The Hall–Kier alpha value is -2.20. The number of nitrogens with zero attached hydrogens (tertiary/aromatic N) is 1. The van der Waals surface area contributed by atoms with Crippen molar-refractivity contribution in [2.45, 2.75) is 19.4 Å². The standard InChI is InChI=1S/C16H18ClN3O/c1-11-7-8-13(17)15(9-11)19-14(10-16(18)20-21)12-5-3-2-4-6-12/h2-9,14,19,21H,10H2,1H3,(H2,18,20). The third-order valence-corrected chi connectivity index (χ3v) is 3.52. The minimum Gasteiger partial charge on any atom is -0.409 e. The molecule has 110 valence electrons. The highest BCUT2D eigenvalue weighted by atomic mass is 35.5. The van der Waals surface area contributed by atoms with Crippen molar-refractivity contribution in [1.29, 1.82) is 0 Å². The predicted molar refractivity (Wildman–Crippen MR) is 87.0 cm³/mol. The van der Waals surface area contributed by atoms with Gasteiger partial charge in [-0.15, -0.1) is 0 Å². The SMILES string of the molecule is Cc1ccc(Cl)c(NC(C/C(N)=N/O)c2ccccc2)c1. The van der Waals surface area contributed by atoms with Crippen LogP contribution >= 0.6 is 11.6 Å². The van der Waals surface area contributed by atoms with E-state index in [9.17, 15) is 0 Å². The van der Waals surface area contributed by atoms with Crippen LogP contribution in [0.5, 0.6) is 0 Å². The van der Waals surface area contributed by atoms with Gasteiger partial charge in [-0.1, -0.05) is 53.2 Å². The highest BCUT2D eigenvalue weighted by Crippen LogP contribution is 2.28. The fraction of sp³-hybridized carbons (Fsp3) is 0.188. The molecule has 0 amide bonds. The third kappa shape index (κ3) is 4.13. The molecule has 4 N–H and O–H groups in total. The van der Waals surface area contributed by atoms with E-state index in [1.165, 1.54) is 0 Å². The number of anilines is 1. The number of halogens is 1. The molecule has 2 aromatic rings. The Morgan fingerprint density at radius 3 is 2.67 bits per heavy atom. The van der Waals surface area contributed by atoms with E-state index in [0.717, 1.165) is 16.8 Å². The first-order chi connectivity index (χ1) is 10.1. The molecule has 0 fully saturated rings. The molecule has 0 aliphatic rings. The summed E-state index contributed by atoms with van der Waals surface area (Å²) in [6, 6.07) is 15.5. The zero-order valence-electron chi connectivity index (χ0n) is 11.8. The summed E-state index contributed by atoms with van der Waals surface area (Å²) < 4.78 is 0. The van der Waals surface area contributed by atoms with Gasteiger partial charge in [0, 0.05) is 6.42 Å². The maximum absolute atomic E-state index is 8.80.